The molecule has 3 aromatic carbocycles. The molecular formula is C25H20F3N3O2. The summed E-state index contributed by atoms with van der Waals surface area (Å²) in [5, 5.41) is 12.8. The first-order valence-corrected chi connectivity index (χ1v) is 10.3. The van der Waals surface area contributed by atoms with Gasteiger partial charge in [-0.3, -0.25) is 4.79 Å². The summed E-state index contributed by atoms with van der Waals surface area (Å²) in [7, 11) is 0. The molecule has 2 N–H and O–H groups in total. The second kappa shape index (κ2) is 9.28. The van der Waals surface area contributed by atoms with Gasteiger partial charge in [-0.05, 0) is 41.8 Å². The van der Waals surface area contributed by atoms with Gasteiger partial charge in [0.05, 0.1) is 11.1 Å². The van der Waals surface area contributed by atoms with Crippen LogP contribution in [0.5, 0.6) is 0 Å². The van der Waals surface area contributed by atoms with E-state index in [1.807, 2.05) is 24.3 Å². The maximum atomic E-state index is 13.0. The number of hydrogen-bond donors (Lipinski definition) is 2. The third-order valence-corrected chi connectivity index (χ3v) is 5.13. The summed E-state index contributed by atoms with van der Waals surface area (Å²) < 4.78 is 39.1. The topological polar surface area (TPSA) is 75.1 Å². The number of nitrogens with zero attached hydrogens (tertiary/aromatic N) is 2. The van der Waals surface area contributed by atoms with Crippen molar-refractivity contribution in [3.8, 4) is 22.5 Å². The third-order valence-electron chi connectivity index (χ3n) is 5.13. The zero-order chi connectivity index (χ0) is 23.4. The van der Waals surface area contributed by atoms with Gasteiger partial charge in [0.15, 0.2) is 5.82 Å². The fraction of sp³-hybridized carbons (Fsp3) is 0.160. The Kier molecular flexibility index (Phi) is 6.26. The van der Waals surface area contributed by atoms with Gasteiger partial charge in [-0.2, -0.15) is 13.2 Å². The standard InChI is InChI=1S/C25H20F3N3O2/c26-25(27,28)19-6-3-5-18(15-19)16-10-12-17(13-11-16)23-30-21-8-2-1-7-20(21)24(31-23)29-14-4-9-22(32)33/h1-3,5-8,10-13,15H,4,9,14H2,(H,32,33)(H,29,30,31). The van der Waals surface area contributed by atoms with Crippen LogP contribution in [-0.4, -0.2) is 27.6 Å². The van der Waals surface area contributed by atoms with E-state index < -0.39 is 17.7 Å². The number of carbonyl (C=O) groups is 1. The average molecular weight is 451 g/mol. The van der Waals surface area contributed by atoms with Crippen LogP contribution in [0.4, 0.5) is 19.0 Å². The van der Waals surface area contributed by atoms with E-state index in [4.69, 9.17) is 5.11 Å². The number of carboxylic acid groups (broad SMARTS) is 1. The smallest absolute Gasteiger partial charge is 0.416 e. The van der Waals surface area contributed by atoms with Crippen LogP contribution in [0.15, 0.2) is 72.8 Å². The van der Waals surface area contributed by atoms with Gasteiger partial charge < -0.3 is 10.4 Å². The maximum Gasteiger partial charge on any atom is 0.416 e. The Morgan fingerprint density at radius 2 is 1.61 bits per heavy atom. The van der Waals surface area contributed by atoms with Crippen molar-refractivity contribution >= 4 is 22.7 Å². The van der Waals surface area contributed by atoms with Crippen molar-refractivity contribution in [2.24, 2.45) is 0 Å². The van der Waals surface area contributed by atoms with E-state index in [0.29, 0.717) is 41.3 Å². The zero-order valence-corrected chi connectivity index (χ0v) is 17.4. The number of benzene rings is 3. The largest absolute Gasteiger partial charge is 0.481 e. The van der Waals surface area contributed by atoms with Crippen molar-refractivity contribution in [3.05, 3.63) is 78.4 Å². The maximum absolute atomic E-state index is 13.0. The summed E-state index contributed by atoms with van der Waals surface area (Å²) in [4.78, 5) is 20.0. The van der Waals surface area contributed by atoms with E-state index in [-0.39, 0.29) is 6.42 Å². The van der Waals surface area contributed by atoms with E-state index in [2.05, 4.69) is 15.3 Å². The van der Waals surface area contributed by atoms with Gasteiger partial charge in [0.1, 0.15) is 5.82 Å². The van der Waals surface area contributed by atoms with Crippen LogP contribution in [0.3, 0.4) is 0 Å². The lowest BCUT2D eigenvalue weighted by molar-refractivity contribution is -0.138. The minimum Gasteiger partial charge on any atom is -0.481 e. The van der Waals surface area contributed by atoms with Crippen molar-refractivity contribution in [1.82, 2.24) is 9.97 Å². The summed E-state index contributed by atoms with van der Waals surface area (Å²) in [6.45, 7) is 0.446. The molecule has 0 spiro atoms. The van der Waals surface area contributed by atoms with Crippen LogP contribution in [0.25, 0.3) is 33.4 Å². The molecule has 168 valence electrons. The predicted octanol–water partition coefficient (Wildman–Crippen LogP) is 6.26. The van der Waals surface area contributed by atoms with E-state index >= 15 is 0 Å². The highest BCUT2D eigenvalue weighted by Crippen LogP contribution is 2.33. The van der Waals surface area contributed by atoms with Gasteiger partial charge in [0, 0.05) is 23.9 Å². The number of rotatable bonds is 7. The highest BCUT2D eigenvalue weighted by molar-refractivity contribution is 5.90. The number of anilines is 1. The fourth-order valence-corrected chi connectivity index (χ4v) is 3.47. The van der Waals surface area contributed by atoms with Gasteiger partial charge in [-0.15, -0.1) is 0 Å². The zero-order valence-electron chi connectivity index (χ0n) is 17.4. The van der Waals surface area contributed by atoms with Crippen LogP contribution < -0.4 is 5.32 Å². The molecule has 1 aromatic heterocycles. The van der Waals surface area contributed by atoms with Gasteiger partial charge in [0.2, 0.25) is 0 Å². The van der Waals surface area contributed by atoms with Gasteiger partial charge >= 0.3 is 12.1 Å². The first-order chi connectivity index (χ1) is 15.8. The molecule has 0 aliphatic rings. The fourth-order valence-electron chi connectivity index (χ4n) is 3.47. The molecule has 0 bridgehead atoms. The van der Waals surface area contributed by atoms with E-state index in [0.717, 1.165) is 23.0 Å². The molecule has 8 heteroatoms. The van der Waals surface area contributed by atoms with Gasteiger partial charge in [-0.25, -0.2) is 9.97 Å². The summed E-state index contributed by atoms with van der Waals surface area (Å²) >= 11 is 0. The predicted molar refractivity (Wildman–Crippen MR) is 121 cm³/mol. The molecule has 5 nitrogen and oxygen atoms in total. The van der Waals surface area contributed by atoms with E-state index in [9.17, 15) is 18.0 Å². The Labute approximate surface area is 187 Å². The molecule has 0 unspecified atom stereocenters. The molecular weight excluding hydrogens is 431 g/mol. The molecule has 0 aliphatic heterocycles. The number of aliphatic carboxylic acids is 1. The molecule has 0 amide bonds. The summed E-state index contributed by atoms with van der Waals surface area (Å²) in [6.07, 6.45) is -3.89. The lowest BCUT2D eigenvalue weighted by Gasteiger charge is -2.12. The molecule has 0 radical (unpaired) electrons. The van der Waals surface area contributed by atoms with Crippen molar-refractivity contribution < 1.29 is 23.1 Å². The molecule has 4 aromatic rings. The average Bonchev–Trinajstić information content (AvgIpc) is 2.81. The monoisotopic (exact) mass is 451 g/mol. The Morgan fingerprint density at radius 3 is 2.33 bits per heavy atom. The normalized spacial score (nSPS) is 11.5. The molecule has 0 atom stereocenters. The minimum absolute atomic E-state index is 0.0554. The molecule has 0 aliphatic carbocycles. The molecule has 1 heterocycles. The second-order valence-electron chi connectivity index (χ2n) is 7.49. The third kappa shape index (κ3) is 5.28. The Balaban J connectivity index is 1.63. The minimum atomic E-state index is -4.40. The SMILES string of the molecule is O=C(O)CCCNc1nc(-c2ccc(-c3cccc(C(F)(F)F)c3)cc2)nc2ccccc12. The molecule has 33 heavy (non-hydrogen) atoms. The van der Waals surface area contributed by atoms with Crippen LogP contribution in [0, 0.1) is 0 Å². The lowest BCUT2D eigenvalue weighted by atomic mass is 10.0. The van der Waals surface area contributed by atoms with Crippen molar-refractivity contribution in [1.29, 1.82) is 0 Å². The van der Waals surface area contributed by atoms with Crippen LogP contribution in [0.2, 0.25) is 0 Å². The first-order valence-electron chi connectivity index (χ1n) is 10.3. The Hall–Kier alpha value is -3.94. The van der Waals surface area contributed by atoms with E-state index in [1.54, 1.807) is 30.3 Å². The van der Waals surface area contributed by atoms with Crippen LogP contribution in [0.1, 0.15) is 18.4 Å². The van der Waals surface area contributed by atoms with Gasteiger partial charge in [-0.1, -0.05) is 48.5 Å². The number of nitrogens with one attached hydrogen (secondary N) is 1. The summed E-state index contributed by atoms with van der Waals surface area (Å²) in [6, 6.07) is 19.7. The summed E-state index contributed by atoms with van der Waals surface area (Å²) in [5.41, 5.74) is 1.87. The first kappa shape index (κ1) is 22.3. The molecule has 0 fully saturated rings. The highest BCUT2D eigenvalue weighted by atomic mass is 19.4. The number of hydrogen-bond acceptors (Lipinski definition) is 4. The Morgan fingerprint density at radius 1 is 0.879 bits per heavy atom. The van der Waals surface area contributed by atoms with Crippen molar-refractivity contribution in [3.63, 3.8) is 0 Å². The van der Waals surface area contributed by atoms with Crippen molar-refractivity contribution in [2.75, 3.05) is 11.9 Å². The molecule has 4 rings (SSSR count). The Bertz CT molecular complexity index is 1290. The number of carboxylic acids is 1. The molecule has 0 saturated carbocycles. The number of alkyl halides is 3. The molecule has 0 saturated heterocycles. The van der Waals surface area contributed by atoms with Crippen LogP contribution >= 0.6 is 0 Å². The number of aromatic nitrogens is 2. The number of para-hydroxylation sites is 1. The summed E-state index contributed by atoms with van der Waals surface area (Å²) in [5.74, 6) is 0.207. The lowest BCUT2D eigenvalue weighted by Crippen LogP contribution is -2.07. The van der Waals surface area contributed by atoms with Gasteiger partial charge in [0.25, 0.3) is 0 Å². The quantitative estimate of drug-likeness (QED) is 0.325. The highest BCUT2D eigenvalue weighted by Gasteiger charge is 2.30. The van der Waals surface area contributed by atoms with Crippen LogP contribution in [-0.2, 0) is 11.0 Å². The van der Waals surface area contributed by atoms with E-state index in [1.165, 1.54) is 6.07 Å². The number of halogens is 3. The second-order valence-corrected chi connectivity index (χ2v) is 7.49. The number of fused-ring (bicyclic) bond motifs is 1. The van der Waals surface area contributed by atoms with Crippen molar-refractivity contribution in [2.45, 2.75) is 19.0 Å².